The molecular weight excluding hydrogens is 408 g/mol. The molecule has 0 amide bonds. The lowest BCUT2D eigenvalue weighted by Gasteiger charge is -2.15. The first-order valence-electron chi connectivity index (χ1n) is 10.2. The number of rotatable bonds is 20. The van der Waals surface area contributed by atoms with Crippen LogP contribution in [-0.4, -0.2) is 83.5 Å². The highest BCUT2D eigenvalue weighted by molar-refractivity contribution is 7.80. The Balaban J connectivity index is 3.36. The van der Waals surface area contributed by atoms with Crippen molar-refractivity contribution in [2.24, 2.45) is 5.92 Å². The summed E-state index contributed by atoms with van der Waals surface area (Å²) in [6.07, 6.45) is 0.750. The van der Waals surface area contributed by atoms with Gasteiger partial charge in [0, 0.05) is 36.7 Å². The Hall–Kier alpha value is -1.39. The number of hydrogen-bond acceptors (Lipinski definition) is 9. The lowest BCUT2D eigenvalue weighted by atomic mass is 10.2. The Bertz CT molecular complexity index is 516. The van der Waals surface area contributed by atoms with Gasteiger partial charge in [0.05, 0.1) is 39.6 Å². The van der Waals surface area contributed by atoms with Crippen molar-refractivity contribution >= 4 is 24.6 Å². The van der Waals surface area contributed by atoms with E-state index in [9.17, 15) is 9.59 Å². The fourth-order valence-electron chi connectivity index (χ4n) is 2.02. The Morgan fingerprint density at radius 2 is 1.40 bits per heavy atom. The molecule has 0 aliphatic rings. The SMILES string of the molecule is C=C(C)C(=O)OCCCNCCOCCOCCNCC(CS)COC(=O)C(=C)C. The van der Waals surface area contributed by atoms with Crippen molar-refractivity contribution in [2.75, 3.05) is 71.6 Å². The van der Waals surface area contributed by atoms with E-state index < -0.39 is 0 Å². The van der Waals surface area contributed by atoms with Crippen LogP contribution in [-0.2, 0) is 28.5 Å². The van der Waals surface area contributed by atoms with Gasteiger partial charge in [-0.3, -0.25) is 0 Å². The lowest BCUT2D eigenvalue weighted by Crippen LogP contribution is -2.30. The number of carbonyl (C=O) groups is 2. The van der Waals surface area contributed by atoms with E-state index in [0.717, 1.165) is 19.5 Å². The number of carbonyl (C=O) groups excluding carboxylic acids is 2. The summed E-state index contributed by atoms with van der Waals surface area (Å²) in [6.45, 7) is 16.2. The van der Waals surface area contributed by atoms with Gasteiger partial charge in [0.2, 0.25) is 0 Å². The van der Waals surface area contributed by atoms with E-state index in [2.05, 4.69) is 36.4 Å². The van der Waals surface area contributed by atoms with E-state index in [1.807, 2.05) is 0 Å². The molecule has 0 heterocycles. The molecule has 0 aromatic rings. The number of esters is 2. The maximum atomic E-state index is 11.4. The normalized spacial score (nSPS) is 11.7. The molecular formula is C21H38N2O6S. The van der Waals surface area contributed by atoms with Crippen molar-refractivity contribution in [3.05, 3.63) is 24.3 Å². The first-order valence-corrected chi connectivity index (χ1v) is 10.8. The van der Waals surface area contributed by atoms with Crippen LogP contribution in [0.2, 0.25) is 0 Å². The largest absolute Gasteiger partial charge is 0.462 e. The maximum Gasteiger partial charge on any atom is 0.333 e. The van der Waals surface area contributed by atoms with Gasteiger partial charge in [-0.2, -0.15) is 12.6 Å². The van der Waals surface area contributed by atoms with Crippen molar-refractivity contribution in [1.82, 2.24) is 10.6 Å². The highest BCUT2D eigenvalue weighted by Gasteiger charge is 2.10. The molecule has 0 aliphatic carbocycles. The fraction of sp³-hybridized carbons (Fsp3) is 0.714. The first-order chi connectivity index (χ1) is 14.4. The zero-order chi connectivity index (χ0) is 22.6. The molecule has 9 heteroatoms. The Morgan fingerprint density at radius 1 is 0.833 bits per heavy atom. The monoisotopic (exact) mass is 446 g/mol. The van der Waals surface area contributed by atoms with Gasteiger partial charge < -0.3 is 29.6 Å². The smallest absolute Gasteiger partial charge is 0.333 e. The van der Waals surface area contributed by atoms with Crippen LogP contribution < -0.4 is 10.6 Å². The molecule has 0 saturated heterocycles. The molecule has 0 aromatic heterocycles. The van der Waals surface area contributed by atoms with Gasteiger partial charge >= 0.3 is 11.9 Å². The molecule has 0 saturated carbocycles. The third-order valence-electron chi connectivity index (χ3n) is 3.79. The lowest BCUT2D eigenvalue weighted by molar-refractivity contribution is -0.140. The van der Waals surface area contributed by atoms with Gasteiger partial charge in [-0.05, 0) is 32.6 Å². The number of hydrogen-bond donors (Lipinski definition) is 3. The second-order valence-corrected chi connectivity index (χ2v) is 7.24. The number of thiol groups is 1. The van der Waals surface area contributed by atoms with E-state index in [1.54, 1.807) is 13.8 Å². The van der Waals surface area contributed by atoms with E-state index >= 15 is 0 Å². The molecule has 0 rings (SSSR count). The standard InChI is InChI=1S/C21H38N2O6S/c1-17(2)20(24)28-9-5-6-22-7-10-26-12-13-27-11-8-23-14-19(16-30)15-29-21(25)18(3)4/h19,22-23,30H,1,3,5-16H2,2,4H3. The molecule has 0 aromatic carbocycles. The zero-order valence-corrected chi connectivity index (χ0v) is 19.3. The van der Waals surface area contributed by atoms with Crippen LogP contribution in [0.15, 0.2) is 24.3 Å². The van der Waals surface area contributed by atoms with Crippen molar-refractivity contribution in [2.45, 2.75) is 20.3 Å². The van der Waals surface area contributed by atoms with Crippen molar-refractivity contribution in [3.63, 3.8) is 0 Å². The molecule has 0 fully saturated rings. The minimum absolute atomic E-state index is 0.144. The third kappa shape index (κ3) is 17.5. The molecule has 0 spiro atoms. The minimum Gasteiger partial charge on any atom is -0.462 e. The number of ether oxygens (including phenoxy) is 4. The summed E-state index contributed by atoms with van der Waals surface area (Å²) in [5, 5.41) is 6.48. The summed E-state index contributed by atoms with van der Waals surface area (Å²) < 4.78 is 21.1. The predicted molar refractivity (Wildman–Crippen MR) is 121 cm³/mol. The molecule has 1 unspecified atom stereocenters. The van der Waals surface area contributed by atoms with Crippen LogP contribution >= 0.6 is 12.6 Å². The van der Waals surface area contributed by atoms with Crippen molar-refractivity contribution in [3.8, 4) is 0 Å². The van der Waals surface area contributed by atoms with Gasteiger partial charge in [0.1, 0.15) is 0 Å². The molecule has 1 atom stereocenters. The molecule has 0 bridgehead atoms. The summed E-state index contributed by atoms with van der Waals surface area (Å²) in [5.74, 6) is 0.0490. The Morgan fingerprint density at radius 3 is 1.97 bits per heavy atom. The Labute approximate surface area is 186 Å². The van der Waals surface area contributed by atoms with Gasteiger partial charge in [-0.15, -0.1) is 0 Å². The van der Waals surface area contributed by atoms with Crippen molar-refractivity contribution in [1.29, 1.82) is 0 Å². The van der Waals surface area contributed by atoms with E-state index in [1.165, 1.54) is 0 Å². The molecule has 0 aliphatic heterocycles. The van der Waals surface area contributed by atoms with Crippen LogP contribution in [0.4, 0.5) is 0 Å². The van der Waals surface area contributed by atoms with E-state index in [0.29, 0.717) is 69.6 Å². The molecule has 30 heavy (non-hydrogen) atoms. The molecule has 0 radical (unpaired) electrons. The van der Waals surface area contributed by atoms with Gasteiger partial charge in [0.25, 0.3) is 0 Å². The molecule has 8 nitrogen and oxygen atoms in total. The summed E-state index contributed by atoms with van der Waals surface area (Å²) in [5.41, 5.74) is 0.812. The quantitative estimate of drug-likeness (QED) is 0.112. The van der Waals surface area contributed by atoms with Crippen LogP contribution in [0.3, 0.4) is 0 Å². The van der Waals surface area contributed by atoms with E-state index in [4.69, 9.17) is 18.9 Å². The van der Waals surface area contributed by atoms with E-state index in [-0.39, 0.29) is 17.9 Å². The molecule has 174 valence electrons. The van der Waals surface area contributed by atoms with Crippen LogP contribution in [0.1, 0.15) is 20.3 Å². The maximum absolute atomic E-state index is 11.4. The zero-order valence-electron chi connectivity index (χ0n) is 18.4. The predicted octanol–water partition coefficient (Wildman–Crippen LogP) is 1.37. The summed E-state index contributed by atoms with van der Waals surface area (Å²) in [7, 11) is 0. The Kier molecular flexibility index (Phi) is 18.7. The minimum atomic E-state index is -0.371. The highest BCUT2D eigenvalue weighted by Crippen LogP contribution is 2.01. The van der Waals surface area contributed by atoms with Crippen LogP contribution in [0, 0.1) is 5.92 Å². The highest BCUT2D eigenvalue weighted by atomic mass is 32.1. The molecule has 2 N–H and O–H groups in total. The second-order valence-electron chi connectivity index (χ2n) is 6.88. The van der Waals surface area contributed by atoms with Gasteiger partial charge in [0.15, 0.2) is 0 Å². The van der Waals surface area contributed by atoms with Crippen LogP contribution in [0.5, 0.6) is 0 Å². The average molecular weight is 447 g/mol. The topological polar surface area (TPSA) is 95.1 Å². The summed E-state index contributed by atoms with van der Waals surface area (Å²) in [6, 6.07) is 0. The first kappa shape index (κ1) is 28.6. The summed E-state index contributed by atoms with van der Waals surface area (Å²) >= 11 is 4.28. The fourth-order valence-corrected chi connectivity index (χ4v) is 2.25. The third-order valence-corrected chi connectivity index (χ3v) is 4.30. The van der Waals surface area contributed by atoms with Crippen LogP contribution in [0.25, 0.3) is 0 Å². The second kappa shape index (κ2) is 19.6. The number of nitrogens with one attached hydrogen (secondary N) is 2. The average Bonchev–Trinajstić information content (AvgIpc) is 2.72. The van der Waals surface area contributed by atoms with Gasteiger partial charge in [-0.1, -0.05) is 13.2 Å². The van der Waals surface area contributed by atoms with Crippen molar-refractivity contribution < 1.29 is 28.5 Å². The van der Waals surface area contributed by atoms with Gasteiger partial charge in [-0.25, -0.2) is 9.59 Å². The summed E-state index contributed by atoms with van der Waals surface area (Å²) in [4.78, 5) is 22.6.